The van der Waals surface area contributed by atoms with E-state index in [0.29, 0.717) is 6.61 Å². The molecule has 2 heterocycles. The smallest absolute Gasteiger partial charge is 0.228 e. The lowest BCUT2D eigenvalue weighted by Crippen LogP contribution is -2.53. The molecular formula is C16H21NO2. The highest BCUT2D eigenvalue weighted by atomic mass is 16.5. The van der Waals surface area contributed by atoms with Gasteiger partial charge in [0.15, 0.2) is 0 Å². The SMILES string of the molecule is CC[C@H]1CC[C@]2(C)OC[C@@H](c3ccccc3)N2C1=O. The summed E-state index contributed by atoms with van der Waals surface area (Å²) in [6, 6.07) is 10.3. The van der Waals surface area contributed by atoms with Gasteiger partial charge in [-0.1, -0.05) is 37.3 Å². The first-order valence-electron chi connectivity index (χ1n) is 7.18. The first-order valence-corrected chi connectivity index (χ1v) is 7.18. The Balaban J connectivity index is 1.94. The Morgan fingerprint density at radius 3 is 2.79 bits per heavy atom. The van der Waals surface area contributed by atoms with Gasteiger partial charge in [0.25, 0.3) is 0 Å². The summed E-state index contributed by atoms with van der Waals surface area (Å²) in [6.45, 7) is 4.77. The van der Waals surface area contributed by atoms with Gasteiger partial charge in [0.2, 0.25) is 5.91 Å². The number of fused-ring (bicyclic) bond motifs is 1. The number of rotatable bonds is 2. The van der Waals surface area contributed by atoms with Gasteiger partial charge < -0.3 is 9.64 Å². The zero-order chi connectivity index (χ0) is 13.5. The molecule has 0 unspecified atom stereocenters. The molecule has 0 saturated carbocycles. The number of nitrogens with zero attached hydrogens (tertiary/aromatic N) is 1. The van der Waals surface area contributed by atoms with Crippen LogP contribution in [0.25, 0.3) is 0 Å². The molecule has 3 atom stereocenters. The van der Waals surface area contributed by atoms with Crippen LogP contribution in [0, 0.1) is 5.92 Å². The predicted molar refractivity (Wildman–Crippen MR) is 73.4 cm³/mol. The number of amides is 1. The molecule has 2 fully saturated rings. The predicted octanol–water partition coefficient (Wildman–Crippen LogP) is 3.12. The molecule has 1 aromatic carbocycles. The Morgan fingerprint density at radius 2 is 2.11 bits per heavy atom. The van der Waals surface area contributed by atoms with E-state index in [1.54, 1.807) is 0 Å². The summed E-state index contributed by atoms with van der Waals surface area (Å²) in [5.74, 6) is 0.434. The fraction of sp³-hybridized carbons (Fsp3) is 0.562. The van der Waals surface area contributed by atoms with Crippen LogP contribution in [0.5, 0.6) is 0 Å². The molecule has 3 heteroatoms. The molecule has 102 valence electrons. The van der Waals surface area contributed by atoms with E-state index in [0.717, 1.165) is 19.3 Å². The maximum Gasteiger partial charge on any atom is 0.228 e. The van der Waals surface area contributed by atoms with E-state index < -0.39 is 5.72 Å². The summed E-state index contributed by atoms with van der Waals surface area (Å²) >= 11 is 0. The average Bonchev–Trinajstić information content (AvgIpc) is 2.79. The fourth-order valence-corrected chi connectivity index (χ4v) is 3.37. The quantitative estimate of drug-likeness (QED) is 0.816. The van der Waals surface area contributed by atoms with Crippen molar-refractivity contribution in [3.05, 3.63) is 35.9 Å². The van der Waals surface area contributed by atoms with Crippen LogP contribution < -0.4 is 0 Å². The molecule has 0 aromatic heterocycles. The normalized spacial score (nSPS) is 34.4. The number of hydrogen-bond acceptors (Lipinski definition) is 2. The van der Waals surface area contributed by atoms with Crippen molar-refractivity contribution in [3.63, 3.8) is 0 Å². The Kier molecular flexibility index (Phi) is 3.09. The van der Waals surface area contributed by atoms with Gasteiger partial charge in [-0.2, -0.15) is 0 Å². The summed E-state index contributed by atoms with van der Waals surface area (Å²) in [5.41, 5.74) is 0.778. The zero-order valence-electron chi connectivity index (χ0n) is 11.6. The highest BCUT2D eigenvalue weighted by Gasteiger charge is 2.51. The van der Waals surface area contributed by atoms with Crippen LogP contribution in [0.4, 0.5) is 0 Å². The molecule has 1 amide bonds. The first kappa shape index (κ1) is 12.7. The van der Waals surface area contributed by atoms with E-state index >= 15 is 0 Å². The van der Waals surface area contributed by atoms with Gasteiger partial charge >= 0.3 is 0 Å². The second-order valence-corrected chi connectivity index (χ2v) is 5.76. The van der Waals surface area contributed by atoms with Crippen molar-refractivity contribution in [2.45, 2.75) is 44.9 Å². The van der Waals surface area contributed by atoms with Crippen LogP contribution >= 0.6 is 0 Å². The molecule has 0 N–H and O–H groups in total. The number of benzene rings is 1. The third kappa shape index (κ3) is 1.96. The molecule has 2 saturated heterocycles. The second-order valence-electron chi connectivity index (χ2n) is 5.76. The van der Waals surface area contributed by atoms with E-state index in [1.807, 2.05) is 23.1 Å². The molecule has 0 radical (unpaired) electrons. The fourth-order valence-electron chi connectivity index (χ4n) is 3.37. The summed E-state index contributed by atoms with van der Waals surface area (Å²) in [7, 11) is 0. The van der Waals surface area contributed by atoms with Gasteiger partial charge in [0.1, 0.15) is 5.72 Å². The van der Waals surface area contributed by atoms with Gasteiger partial charge in [-0.15, -0.1) is 0 Å². The number of hydrogen-bond donors (Lipinski definition) is 0. The van der Waals surface area contributed by atoms with Crippen LogP contribution in [0.3, 0.4) is 0 Å². The van der Waals surface area contributed by atoms with Crippen LogP contribution in [-0.2, 0) is 9.53 Å². The van der Waals surface area contributed by atoms with Crippen LogP contribution in [-0.4, -0.2) is 23.1 Å². The molecule has 0 spiro atoms. The zero-order valence-corrected chi connectivity index (χ0v) is 11.6. The Labute approximate surface area is 114 Å². The van der Waals surface area contributed by atoms with E-state index in [2.05, 4.69) is 26.0 Å². The highest BCUT2D eigenvalue weighted by Crippen LogP contribution is 2.45. The topological polar surface area (TPSA) is 29.5 Å². The third-order valence-electron chi connectivity index (χ3n) is 4.59. The Hall–Kier alpha value is -1.35. The monoisotopic (exact) mass is 259 g/mol. The second kappa shape index (κ2) is 4.64. The van der Waals surface area contributed by atoms with Crippen molar-refractivity contribution in [2.75, 3.05) is 6.61 Å². The lowest BCUT2D eigenvalue weighted by atomic mass is 9.87. The minimum Gasteiger partial charge on any atom is -0.353 e. The Bertz CT molecular complexity index is 473. The lowest BCUT2D eigenvalue weighted by molar-refractivity contribution is -0.163. The molecule has 19 heavy (non-hydrogen) atoms. The molecule has 2 aliphatic heterocycles. The van der Waals surface area contributed by atoms with E-state index in [1.165, 1.54) is 5.56 Å². The summed E-state index contributed by atoms with van der Waals surface area (Å²) in [6.07, 6.45) is 2.82. The first-order chi connectivity index (χ1) is 9.15. The highest BCUT2D eigenvalue weighted by molar-refractivity contribution is 5.81. The van der Waals surface area contributed by atoms with E-state index in [4.69, 9.17) is 4.74 Å². The molecule has 1 aromatic rings. The van der Waals surface area contributed by atoms with Crippen molar-refractivity contribution in [2.24, 2.45) is 5.92 Å². The van der Waals surface area contributed by atoms with Gasteiger partial charge in [-0.3, -0.25) is 4.79 Å². The molecule has 2 aliphatic rings. The summed E-state index contributed by atoms with van der Waals surface area (Å²) in [5, 5.41) is 0. The summed E-state index contributed by atoms with van der Waals surface area (Å²) < 4.78 is 5.98. The largest absolute Gasteiger partial charge is 0.353 e. The van der Waals surface area contributed by atoms with Crippen molar-refractivity contribution in [1.29, 1.82) is 0 Å². The minimum atomic E-state index is -0.400. The molecular weight excluding hydrogens is 238 g/mol. The maximum absolute atomic E-state index is 12.7. The van der Waals surface area contributed by atoms with Gasteiger partial charge in [0, 0.05) is 5.92 Å². The standard InChI is InChI=1S/C16H21NO2/c1-3-12-9-10-16(2)17(15(12)18)14(11-19-16)13-7-5-4-6-8-13/h4-8,12,14H,3,9-11H2,1-2H3/t12-,14-,16-/m0/s1. The van der Waals surface area contributed by atoms with Crippen molar-refractivity contribution < 1.29 is 9.53 Å². The van der Waals surface area contributed by atoms with Crippen molar-refractivity contribution in [3.8, 4) is 0 Å². The molecule has 0 bridgehead atoms. The minimum absolute atomic E-state index is 0.0769. The third-order valence-corrected chi connectivity index (χ3v) is 4.59. The molecule has 3 rings (SSSR count). The van der Waals surface area contributed by atoms with Crippen LogP contribution in [0.15, 0.2) is 30.3 Å². The van der Waals surface area contributed by atoms with E-state index in [9.17, 15) is 4.79 Å². The van der Waals surface area contributed by atoms with Gasteiger partial charge in [-0.05, 0) is 31.7 Å². The van der Waals surface area contributed by atoms with Crippen molar-refractivity contribution in [1.82, 2.24) is 4.90 Å². The summed E-state index contributed by atoms with van der Waals surface area (Å²) in [4.78, 5) is 14.7. The lowest BCUT2D eigenvalue weighted by Gasteiger charge is -2.43. The number of piperidine rings is 1. The van der Waals surface area contributed by atoms with Crippen LogP contribution in [0.2, 0.25) is 0 Å². The number of carbonyl (C=O) groups is 1. The number of ether oxygens (including phenoxy) is 1. The number of carbonyl (C=O) groups excluding carboxylic acids is 1. The van der Waals surface area contributed by atoms with Crippen molar-refractivity contribution >= 4 is 5.91 Å². The molecule has 0 aliphatic carbocycles. The van der Waals surface area contributed by atoms with Gasteiger partial charge in [-0.25, -0.2) is 0 Å². The van der Waals surface area contributed by atoms with E-state index in [-0.39, 0.29) is 17.9 Å². The molecule has 3 nitrogen and oxygen atoms in total. The average molecular weight is 259 g/mol. The van der Waals surface area contributed by atoms with Crippen LogP contribution in [0.1, 0.15) is 44.7 Å². The Morgan fingerprint density at radius 1 is 1.37 bits per heavy atom. The van der Waals surface area contributed by atoms with Gasteiger partial charge in [0.05, 0.1) is 12.6 Å². The maximum atomic E-state index is 12.7.